The van der Waals surface area contributed by atoms with E-state index in [2.05, 4.69) is 10.6 Å². The molecule has 2 aliphatic rings. The molecule has 2 aliphatic heterocycles. The van der Waals surface area contributed by atoms with E-state index in [0.29, 0.717) is 11.4 Å². The van der Waals surface area contributed by atoms with Gasteiger partial charge in [-0.15, -0.1) is 12.4 Å². The maximum absolute atomic E-state index is 12.3. The van der Waals surface area contributed by atoms with Crippen LogP contribution in [0.4, 0.5) is 5.69 Å². The number of rotatable bonds is 3. The highest BCUT2D eigenvalue weighted by molar-refractivity contribution is 6.03. The van der Waals surface area contributed by atoms with Crippen molar-refractivity contribution < 1.29 is 14.3 Å². The lowest BCUT2D eigenvalue weighted by Crippen LogP contribution is -2.51. The topological polar surface area (TPSA) is 70.7 Å². The molecule has 0 bridgehead atoms. The molecule has 0 aliphatic carbocycles. The number of hydrogen-bond acceptors (Lipinski definition) is 4. The highest BCUT2D eigenvalue weighted by Gasteiger charge is 2.32. The Kier molecular flexibility index (Phi) is 5.85. The Morgan fingerprint density at radius 2 is 2.04 bits per heavy atom. The molecule has 1 aromatic carbocycles. The van der Waals surface area contributed by atoms with E-state index in [0.717, 1.165) is 25.9 Å². The number of benzene rings is 1. The highest BCUT2D eigenvalue weighted by Crippen LogP contribution is 2.33. The SMILES string of the molecule is CC1Oc2ccccc2N(CC(=O)NC2CCNCC2)C1=O.Cl. The zero-order valence-corrected chi connectivity index (χ0v) is 13.9. The van der Waals surface area contributed by atoms with Gasteiger partial charge in [-0.25, -0.2) is 0 Å². The number of nitrogens with one attached hydrogen (secondary N) is 2. The number of piperidine rings is 1. The van der Waals surface area contributed by atoms with Gasteiger partial charge >= 0.3 is 0 Å². The molecule has 0 aromatic heterocycles. The smallest absolute Gasteiger partial charge is 0.268 e. The summed E-state index contributed by atoms with van der Waals surface area (Å²) in [7, 11) is 0. The molecule has 1 fully saturated rings. The molecule has 1 saturated heterocycles. The van der Waals surface area contributed by atoms with Gasteiger partial charge in [0.05, 0.1) is 5.69 Å². The minimum absolute atomic E-state index is 0. The number of nitrogens with zero attached hydrogens (tertiary/aromatic N) is 1. The summed E-state index contributed by atoms with van der Waals surface area (Å²) in [6.07, 6.45) is 1.28. The van der Waals surface area contributed by atoms with Crippen LogP contribution in [0.3, 0.4) is 0 Å². The number of anilines is 1. The van der Waals surface area contributed by atoms with Gasteiger partial charge in [0.15, 0.2) is 6.10 Å². The summed E-state index contributed by atoms with van der Waals surface area (Å²) < 4.78 is 5.57. The fraction of sp³-hybridized carbons (Fsp3) is 0.500. The van der Waals surface area contributed by atoms with E-state index in [-0.39, 0.29) is 36.8 Å². The number of fused-ring (bicyclic) bond motifs is 1. The summed E-state index contributed by atoms with van der Waals surface area (Å²) >= 11 is 0. The summed E-state index contributed by atoms with van der Waals surface area (Å²) in [6, 6.07) is 7.50. The molecule has 2 amide bonds. The van der Waals surface area contributed by atoms with Crippen molar-refractivity contribution in [1.82, 2.24) is 10.6 Å². The fourth-order valence-corrected chi connectivity index (χ4v) is 2.91. The largest absolute Gasteiger partial charge is 0.479 e. The summed E-state index contributed by atoms with van der Waals surface area (Å²) in [6.45, 7) is 3.58. The molecule has 1 atom stereocenters. The van der Waals surface area contributed by atoms with E-state index in [1.165, 1.54) is 4.90 Å². The summed E-state index contributed by atoms with van der Waals surface area (Å²) in [4.78, 5) is 26.1. The predicted molar refractivity (Wildman–Crippen MR) is 90.2 cm³/mol. The molecule has 0 spiro atoms. The Hall–Kier alpha value is -1.79. The van der Waals surface area contributed by atoms with Crippen LogP contribution in [-0.4, -0.2) is 43.6 Å². The molecule has 2 heterocycles. The quantitative estimate of drug-likeness (QED) is 0.865. The summed E-state index contributed by atoms with van der Waals surface area (Å²) in [5.74, 6) is 0.340. The molecular weight excluding hydrogens is 318 g/mol. The van der Waals surface area contributed by atoms with Crippen molar-refractivity contribution >= 4 is 29.9 Å². The Balaban J connectivity index is 0.00000192. The van der Waals surface area contributed by atoms with Gasteiger partial charge in [-0.3, -0.25) is 14.5 Å². The lowest BCUT2D eigenvalue weighted by atomic mass is 10.1. The number of ether oxygens (including phenoxy) is 1. The Labute approximate surface area is 142 Å². The van der Waals surface area contributed by atoms with Gasteiger partial charge < -0.3 is 15.4 Å². The third kappa shape index (κ3) is 3.95. The van der Waals surface area contributed by atoms with Gasteiger partial charge in [-0.2, -0.15) is 0 Å². The molecule has 0 radical (unpaired) electrons. The van der Waals surface area contributed by atoms with E-state index >= 15 is 0 Å². The molecule has 2 N–H and O–H groups in total. The Morgan fingerprint density at radius 3 is 2.78 bits per heavy atom. The van der Waals surface area contributed by atoms with E-state index < -0.39 is 6.10 Å². The lowest BCUT2D eigenvalue weighted by Gasteiger charge is -2.33. The average Bonchev–Trinajstić information content (AvgIpc) is 2.53. The van der Waals surface area contributed by atoms with Crippen LogP contribution in [0.1, 0.15) is 19.8 Å². The second kappa shape index (κ2) is 7.66. The zero-order valence-electron chi connectivity index (χ0n) is 13.1. The maximum Gasteiger partial charge on any atom is 0.268 e. The van der Waals surface area contributed by atoms with Gasteiger partial charge in [0.25, 0.3) is 5.91 Å². The molecule has 7 heteroatoms. The van der Waals surface area contributed by atoms with Gasteiger partial charge in [0.2, 0.25) is 5.91 Å². The normalized spacial score (nSPS) is 21.0. The van der Waals surface area contributed by atoms with Crippen molar-refractivity contribution in [1.29, 1.82) is 0 Å². The Morgan fingerprint density at radius 1 is 1.35 bits per heavy atom. The standard InChI is InChI=1S/C16H21N3O3.ClH/c1-11-16(21)19(13-4-2-3-5-14(13)22-11)10-15(20)18-12-6-8-17-9-7-12;/h2-5,11-12,17H,6-10H2,1H3,(H,18,20);1H. The van der Waals surface area contributed by atoms with Gasteiger partial charge in [0.1, 0.15) is 12.3 Å². The fourth-order valence-electron chi connectivity index (χ4n) is 2.91. The van der Waals surface area contributed by atoms with Gasteiger partial charge in [-0.1, -0.05) is 12.1 Å². The molecule has 1 aromatic rings. The van der Waals surface area contributed by atoms with E-state index in [1.807, 2.05) is 18.2 Å². The number of carbonyl (C=O) groups is 2. The van der Waals surface area contributed by atoms with Gasteiger partial charge in [0, 0.05) is 6.04 Å². The zero-order chi connectivity index (χ0) is 15.5. The first kappa shape index (κ1) is 17.6. The first-order valence-electron chi connectivity index (χ1n) is 7.72. The van der Waals surface area contributed by atoms with Crippen LogP contribution in [0.2, 0.25) is 0 Å². The molecule has 1 unspecified atom stereocenters. The lowest BCUT2D eigenvalue weighted by molar-refractivity contribution is -0.128. The van der Waals surface area contributed by atoms with Crippen LogP contribution in [0.25, 0.3) is 0 Å². The highest BCUT2D eigenvalue weighted by atomic mass is 35.5. The van der Waals surface area contributed by atoms with Crippen LogP contribution in [0.5, 0.6) is 5.75 Å². The predicted octanol–water partition coefficient (Wildman–Crippen LogP) is 1.09. The monoisotopic (exact) mass is 339 g/mol. The van der Waals surface area contributed by atoms with E-state index in [1.54, 1.807) is 13.0 Å². The average molecular weight is 340 g/mol. The maximum atomic E-state index is 12.3. The van der Waals surface area contributed by atoms with Crippen molar-refractivity contribution in [2.45, 2.75) is 31.9 Å². The third-order valence-corrected chi connectivity index (χ3v) is 4.08. The Bertz CT molecular complexity index is 575. The van der Waals surface area contributed by atoms with Crippen molar-refractivity contribution in [3.8, 4) is 5.75 Å². The molecule has 0 saturated carbocycles. The molecule has 126 valence electrons. The molecule has 23 heavy (non-hydrogen) atoms. The van der Waals surface area contributed by atoms with Crippen molar-refractivity contribution in [3.63, 3.8) is 0 Å². The number of hydrogen-bond donors (Lipinski definition) is 2. The van der Waals surface area contributed by atoms with Crippen LogP contribution in [0.15, 0.2) is 24.3 Å². The number of amides is 2. The molecule has 3 rings (SSSR count). The second-order valence-electron chi connectivity index (χ2n) is 5.74. The number of carbonyl (C=O) groups excluding carboxylic acids is 2. The first-order chi connectivity index (χ1) is 10.6. The van der Waals surface area contributed by atoms with Crippen molar-refractivity contribution in [3.05, 3.63) is 24.3 Å². The van der Waals surface area contributed by atoms with Crippen LogP contribution in [-0.2, 0) is 9.59 Å². The minimum Gasteiger partial charge on any atom is -0.479 e. The second-order valence-corrected chi connectivity index (χ2v) is 5.74. The third-order valence-electron chi connectivity index (χ3n) is 4.08. The first-order valence-corrected chi connectivity index (χ1v) is 7.72. The van der Waals surface area contributed by atoms with E-state index in [9.17, 15) is 9.59 Å². The molecular formula is C16H22ClN3O3. The molecule has 6 nitrogen and oxygen atoms in total. The number of halogens is 1. The van der Waals surface area contributed by atoms with E-state index in [4.69, 9.17) is 4.74 Å². The summed E-state index contributed by atoms with van der Waals surface area (Å²) in [5.41, 5.74) is 0.658. The minimum atomic E-state index is -0.568. The van der Waals surface area contributed by atoms with Crippen LogP contribution >= 0.6 is 12.4 Å². The van der Waals surface area contributed by atoms with Gasteiger partial charge in [-0.05, 0) is 45.0 Å². The van der Waals surface area contributed by atoms with Crippen molar-refractivity contribution in [2.75, 3.05) is 24.5 Å². The number of para-hydroxylation sites is 2. The van der Waals surface area contributed by atoms with Crippen molar-refractivity contribution in [2.24, 2.45) is 0 Å². The summed E-state index contributed by atoms with van der Waals surface area (Å²) in [5, 5.41) is 6.28. The van der Waals surface area contributed by atoms with Crippen LogP contribution in [0, 0.1) is 0 Å². The van der Waals surface area contributed by atoms with Crippen LogP contribution < -0.4 is 20.3 Å².